The molecule has 0 aromatic carbocycles. The maximum Gasteiger partial charge on any atom is 0.311 e. The van der Waals surface area contributed by atoms with Crippen LogP contribution in [-0.2, 0) is 84.5 Å². The van der Waals surface area contributed by atoms with Gasteiger partial charge in [0.15, 0.2) is 11.8 Å². The first kappa shape index (κ1) is 95.7. The fourth-order valence-electron chi connectivity index (χ4n) is 10.1. The van der Waals surface area contributed by atoms with Gasteiger partial charge in [-0.3, -0.25) is 47.9 Å². The van der Waals surface area contributed by atoms with E-state index in [1.54, 1.807) is 88.7 Å². The third kappa shape index (κ3) is 39.8. The van der Waals surface area contributed by atoms with Crippen LogP contribution < -0.4 is 5.73 Å². The van der Waals surface area contributed by atoms with Crippen LogP contribution in [0.25, 0.3) is 0 Å². The number of alkyl halides is 2. The van der Waals surface area contributed by atoms with Crippen LogP contribution in [0.1, 0.15) is 250 Å². The van der Waals surface area contributed by atoms with Crippen molar-refractivity contribution < 1.29 is 85.6 Å². The molecule has 3 saturated carbocycles. The topological polar surface area (TPSA) is 315 Å². The molecule has 1 amide bonds. The molecule has 0 bridgehead atoms. The molecule has 21 nitrogen and oxygen atoms in total. The summed E-state index contributed by atoms with van der Waals surface area (Å²) in [5.41, 5.74) is 4.15. The van der Waals surface area contributed by atoms with E-state index in [0.29, 0.717) is 87.0 Å². The lowest BCUT2D eigenvalue weighted by Gasteiger charge is -2.24. The van der Waals surface area contributed by atoms with Gasteiger partial charge in [0.1, 0.15) is 29.9 Å². The second-order valence-corrected chi connectivity index (χ2v) is 28.7. The number of ketones is 3. The number of primary amides is 1. The number of hydrogen-bond acceptors (Lipinski definition) is 19. The minimum Gasteiger partial charge on any atom is -0.481 e. The molecule has 5 rings (SSSR count). The number of carbonyl (C=O) groups excluding carboxylic acids is 9. The lowest BCUT2D eigenvalue weighted by molar-refractivity contribution is -0.155. The van der Waals surface area contributed by atoms with Crippen LogP contribution in [0.4, 0.5) is 0 Å². The van der Waals surface area contributed by atoms with Crippen molar-refractivity contribution in [3.8, 4) is 0 Å². The van der Waals surface area contributed by atoms with E-state index in [9.17, 15) is 47.9 Å². The number of hydrogen-bond donors (Lipinski definition) is 2. The Morgan fingerprint density at radius 2 is 0.845 bits per heavy atom. The van der Waals surface area contributed by atoms with E-state index in [-0.39, 0.29) is 114 Å². The van der Waals surface area contributed by atoms with Crippen molar-refractivity contribution in [1.29, 1.82) is 0 Å². The molecular formula is C72H117BrCl3N3O18. The number of Topliss-reactive ketones (excluding diaryl/α,β-unsaturated/α-hetero) is 3. The summed E-state index contributed by atoms with van der Waals surface area (Å²) in [4.78, 5) is 121. The van der Waals surface area contributed by atoms with Gasteiger partial charge in [0.2, 0.25) is 5.91 Å². The zero-order valence-corrected chi connectivity index (χ0v) is 64.1. The molecule has 0 atom stereocenters. The maximum atomic E-state index is 12.0. The van der Waals surface area contributed by atoms with Gasteiger partial charge in [0, 0.05) is 58.9 Å². The average molecular weight is 1500 g/mol. The molecule has 3 fully saturated rings. The van der Waals surface area contributed by atoms with Crippen LogP contribution in [0.2, 0.25) is 0 Å². The third-order valence-electron chi connectivity index (χ3n) is 15.8. The van der Waals surface area contributed by atoms with Crippen molar-refractivity contribution in [3.05, 3.63) is 58.9 Å². The number of aliphatic carboxylic acids is 1. The van der Waals surface area contributed by atoms with E-state index in [0.717, 1.165) is 81.5 Å². The first-order valence-electron chi connectivity index (χ1n) is 33.1. The predicted molar refractivity (Wildman–Crippen MR) is 382 cm³/mol. The Labute approximate surface area is 601 Å². The Balaban J connectivity index is -0.00000111. The summed E-state index contributed by atoms with van der Waals surface area (Å²) in [7, 11) is 0. The van der Waals surface area contributed by atoms with Crippen molar-refractivity contribution in [2.45, 2.75) is 240 Å². The number of aromatic nitrogens is 2. The summed E-state index contributed by atoms with van der Waals surface area (Å²) in [6.07, 6.45) is 14.7. The zero-order valence-electron chi connectivity index (χ0n) is 60.2. The minimum atomic E-state index is -0.715. The number of carboxylic acid groups (broad SMARTS) is 1. The van der Waals surface area contributed by atoms with E-state index in [1.807, 2.05) is 41.5 Å². The van der Waals surface area contributed by atoms with Crippen molar-refractivity contribution in [3.63, 3.8) is 0 Å². The molecule has 0 unspecified atom stereocenters. The fourth-order valence-corrected chi connectivity index (χ4v) is 10.7. The summed E-state index contributed by atoms with van der Waals surface area (Å²) >= 11 is 18.9. The smallest absolute Gasteiger partial charge is 0.311 e. The number of esters is 5. The molecule has 3 aliphatic carbocycles. The van der Waals surface area contributed by atoms with Gasteiger partial charge in [0.25, 0.3) is 0 Å². The van der Waals surface area contributed by atoms with Gasteiger partial charge in [-0.2, -0.15) is 0 Å². The van der Waals surface area contributed by atoms with Crippen LogP contribution >= 0.6 is 50.7 Å². The van der Waals surface area contributed by atoms with E-state index >= 15 is 0 Å². The number of nitrogens with zero attached hydrogens (tertiary/aromatic N) is 2. The van der Waals surface area contributed by atoms with Gasteiger partial charge >= 0.3 is 35.8 Å². The van der Waals surface area contributed by atoms with E-state index in [1.165, 1.54) is 0 Å². The standard InChI is InChI=1S/C18H27NO4.C17H25NO5.C9H15BrO3.C9H15ClO2.C9H15NO2.C6H12O2.C3H4Cl2.CH4/c1-5-22-17(21)18(3,4)10-15-11-23-16(19-15)14-8-6-13(7-9-14)12(2)20;1-4-22-16(21)17(2,3)9-13-10-23-14(18-13)11-5-7-12(8-6-11)15(19)20;1-4-13-8(12)9(2,3)5-7(11)6-10;1-5-12-8(11)9(3,4)6-7(2)10;1-6(11)7-2-4-8(5-3-7)9(10)12;1-4-8-6(7)5(2)3;1-3(5)2-4;/h11,13-14H,5-10H2,1-4H3;10-12H,4-9H2,1-3H3,(H,19,20);4-6H2,1-3H3;2,5-6H2,1,3-4H3;7-8H,2-5H2,1H3,(H2,10,12);5H,4H2,1-3H3;1-2H2;1H4. The van der Waals surface area contributed by atoms with Crippen molar-refractivity contribution in [1.82, 2.24) is 9.97 Å². The van der Waals surface area contributed by atoms with Crippen LogP contribution in [0.15, 0.2) is 44.6 Å². The van der Waals surface area contributed by atoms with Gasteiger partial charge in [-0.25, -0.2) is 9.97 Å². The van der Waals surface area contributed by atoms with E-state index < -0.39 is 27.6 Å². The number of carboxylic acids is 1. The molecule has 0 saturated heterocycles. The first-order valence-corrected chi connectivity index (χ1v) is 35.5. The van der Waals surface area contributed by atoms with Gasteiger partial charge < -0.3 is 43.4 Å². The van der Waals surface area contributed by atoms with Gasteiger partial charge in [0.05, 0.1) is 89.1 Å². The molecule has 97 heavy (non-hydrogen) atoms. The van der Waals surface area contributed by atoms with Crippen LogP contribution in [0.5, 0.6) is 0 Å². The highest BCUT2D eigenvalue weighted by molar-refractivity contribution is 9.09. The lowest BCUT2D eigenvalue weighted by atomic mass is 9.80. The Morgan fingerprint density at radius 3 is 1.10 bits per heavy atom. The van der Waals surface area contributed by atoms with E-state index in [2.05, 4.69) is 43.8 Å². The summed E-state index contributed by atoms with van der Waals surface area (Å²) in [5, 5.41) is 10.3. The fraction of sp³-hybridized carbons (Fsp3) is 0.722. The maximum absolute atomic E-state index is 12.0. The van der Waals surface area contributed by atoms with Gasteiger partial charge in [-0.15, -0.1) is 11.6 Å². The van der Waals surface area contributed by atoms with Crippen molar-refractivity contribution >= 4 is 110 Å². The Bertz CT molecular complexity index is 2630. The predicted octanol–water partition coefficient (Wildman–Crippen LogP) is 16.2. The molecular weight excluding hydrogens is 1380 g/mol. The molecule has 0 aliphatic heterocycles. The summed E-state index contributed by atoms with van der Waals surface area (Å²) in [5.74, 6) is 0.847. The number of amides is 1. The number of rotatable bonds is 26. The third-order valence-corrected chi connectivity index (χ3v) is 17.2. The minimum absolute atomic E-state index is 0. The number of oxazole rings is 2. The Morgan fingerprint density at radius 1 is 0.546 bits per heavy atom. The highest BCUT2D eigenvalue weighted by Crippen LogP contribution is 2.38. The van der Waals surface area contributed by atoms with Crippen LogP contribution in [-0.4, -0.2) is 118 Å². The Hall–Kier alpha value is -5.45. The van der Waals surface area contributed by atoms with Crippen molar-refractivity contribution in [2.75, 3.05) is 44.2 Å². The number of nitrogens with two attached hydrogens (primary N) is 1. The molecule has 556 valence electrons. The Kier molecular flexibility index (Phi) is 48.5. The normalized spacial score (nSPS) is 18.1. The van der Waals surface area contributed by atoms with Crippen LogP contribution in [0.3, 0.4) is 0 Å². The molecule has 25 heteroatoms. The lowest BCUT2D eigenvalue weighted by Crippen LogP contribution is -2.29. The van der Waals surface area contributed by atoms with Gasteiger partial charge in [-0.1, -0.05) is 73.6 Å². The SMILES string of the molecule is C.C=C(Cl)CC(C)(C)C(=O)OCC.C=C(Cl)CCl.CC(=O)C1CCC(C(N)=O)CC1.CCOC(=O)C(C)(C)CC(=O)CBr.CCOC(=O)C(C)(C)Cc1coc(C2CCC(C(=O)O)CC2)n1.CCOC(=O)C(C)(C)Cc1coc(C2CCC(C(C)=O)CC2)n1.CCOC(=O)C(C)C. The molecule has 0 spiro atoms. The highest BCUT2D eigenvalue weighted by atomic mass is 79.9. The first-order chi connectivity index (χ1) is 44.6. The highest BCUT2D eigenvalue weighted by Gasteiger charge is 2.36. The largest absolute Gasteiger partial charge is 0.481 e. The second kappa shape index (κ2) is 49.1. The molecule has 2 heterocycles. The van der Waals surface area contributed by atoms with E-state index in [4.69, 9.17) is 73.4 Å². The van der Waals surface area contributed by atoms with Crippen molar-refractivity contribution in [2.24, 2.45) is 57.0 Å². The number of carbonyl (C=O) groups is 10. The quantitative estimate of drug-likeness (QED) is 0.0502. The second-order valence-electron chi connectivity index (χ2n) is 26.8. The summed E-state index contributed by atoms with van der Waals surface area (Å²) in [6, 6.07) is 0. The molecule has 3 aliphatic rings. The van der Waals surface area contributed by atoms with Crippen LogP contribution in [0, 0.1) is 51.2 Å². The van der Waals surface area contributed by atoms with Gasteiger partial charge in [-0.05, 0) is 187 Å². The molecule has 2 aromatic heterocycles. The zero-order chi connectivity index (χ0) is 74.3. The summed E-state index contributed by atoms with van der Waals surface area (Å²) in [6.45, 7) is 39.1. The number of allylic oxidation sites excluding steroid dienone is 2. The monoisotopic (exact) mass is 1500 g/mol. The summed E-state index contributed by atoms with van der Waals surface area (Å²) < 4.78 is 35.8. The average Bonchev–Trinajstić information content (AvgIpc) is 1.97. The molecule has 2 aromatic rings. The molecule has 3 N–H and O–H groups in total. The number of ether oxygens (including phenoxy) is 5. The molecule has 0 radical (unpaired) electrons. The number of halogens is 4.